The fourth-order valence-electron chi connectivity index (χ4n) is 2.01. The molecule has 0 bridgehead atoms. The van der Waals surface area contributed by atoms with Crippen molar-refractivity contribution < 1.29 is 4.74 Å². The molecule has 3 nitrogen and oxygen atoms in total. The van der Waals surface area contributed by atoms with E-state index in [2.05, 4.69) is 11.1 Å². The molecule has 0 fully saturated rings. The molecule has 0 saturated carbocycles. The van der Waals surface area contributed by atoms with Gasteiger partial charge in [-0.25, -0.2) is 4.98 Å². The standard InChI is InChI=1S/C12H11ClN2O/c13-10-7-11(9-1-5-16-6-2-9)12-14-3-4-15(12)8-10/h1,3-4,7-8H,2,5-6H2. The highest BCUT2D eigenvalue weighted by molar-refractivity contribution is 6.30. The Balaban J connectivity index is 2.21. The first-order chi connectivity index (χ1) is 7.84. The predicted octanol–water partition coefficient (Wildman–Crippen LogP) is 2.79. The van der Waals surface area contributed by atoms with Gasteiger partial charge in [-0.1, -0.05) is 17.7 Å². The van der Waals surface area contributed by atoms with Crippen molar-refractivity contribution in [3.63, 3.8) is 0 Å². The number of hydrogen-bond acceptors (Lipinski definition) is 2. The topological polar surface area (TPSA) is 26.5 Å². The highest BCUT2D eigenvalue weighted by atomic mass is 35.5. The van der Waals surface area contributed by atoms with Gasteiger partial charge in [-0.05, 0) is 18.1 Å². The lowest BCUT2D eigenvalue weighted by Gasteiger charge is -2.14. The number of ether oxygens (including phenoxy) is 1. The SMILES string of the molecule is Clc1cc(C2=CCOCC2)c2nccn2c1. The van der Waals surface area contributed by atoms with Gasteiger partial charge in [0.05, 0.1) is 18.2 Å². The Bertz CT molecular complexity index is 559. The van der Waals surface area contributed by atoms with E-state index in [9.17, 15) is 0 Å². The van der Waals surface area contributed by atoms with Crippen molar-refractivity contribution in [1.82, 2.24) is 9.38 Å². The van der Waals surface area contributed by atoms with E-state index >= 15 is 0 Å². The Kier molecular flexibility index (Phi) is 2.42. The lowest BCUT2D eigenvalue weighted by molar-refractivity contribution is 0.161. The second-order valence-corrected chi connectivity index (χ2v) is 4.22. The molecule has 3 heterocycles. The van der Waals surface area contributed by atoms with Gasteiger partial charge in [0.15, 0.2) is 0 Å². The zero-order valence-electron chi connectivity index (χ0n) is 8.69. The molecule has 0 unspecified atom stereocenters. The summed E-state index contributed by atoms with van der Waals surface area (Å²) in [6, 6.07) is 1.97. The molecule has 0 radical (unpaired) electrons. The number of fused-ring (bicyclic) bond motifs is 1. The molecule has 0 N–H and O–H groups in total. The Labute approximate surface area is 98.3 Å². The zero-order valence-corrected chi connectivity index (χ0v) is 9.44. The Morgan fingerprint density at radius 3 is 3.19 bits per heavy atom. The summed E-state index contributed by atoms with van der Waals surface area (Å²) < 4.78 is 7.26. The van der Waals surface area contributed by atoms with Gasteiger partial charge in [-0.15, -0.1) is 0 Å². The maximum Gasteiger partial charge on any atom is 0.144 e. The number of aromatic nitrogens is 2. The minimum absolute atomic E-state index is 0.675. The van der Waals surface area contributed by atoms with Gasteiger partial charge in [0.2, 0.25) is 0 Å². The van der Waals surface area contributed by atoms with Crippen LogP contribution in [0.2, 0.25) is 5.02 Å². The van der Waals surface area contributed by atoms with Crippen LogP contribution in [0.5, 0.6) is 0 Å². The molecule has 3 rings (SSSR count). The van der Waals surface area contributed by atoms with E-state index in [1.54, 1.807) is 6.20 Å². The third-order valence-corrected chi connectivity index (χ3v) is 2.97. The monoisotopic (exact) mass is 234 g/mol. The predicted molar refractivity (Wildman–Crippen MR) is 63.6 cm³/mol. The molecule has 0 aliphatic carbocycles. The maximum atomic E-state index is 6.09. The first-order valence-corrected chi connectivity index (χ1v) is 5.62. The van der Waals surface area contributed by atoms with Crippen LogP contribution in [-0.4, -0.2) is 22.6 Å². The quantitative estimate of drug-likeness (QED) is 0.759. The van der Waals surface area contributed by atoms with Crippen LogP contribution in [0.1, 0.15) is 12.0 Å². The van der Waals surface area contributed by atoms with Crippen molar-refractivity contribution >= 4 is 22.8 Å². The number of pyridine rings is 1. The summed E-state index contributed by atoms with van der Waals surface area (Å²) in [6.07, 6.45) is 8.58. The molecule has 82 valence electrons. The van der Waals surface area contributed by atoms with Crippen LogP contribution in [0.25, 0.3) is 11.2 Å². The molecule has 0 saturated heterocycles. The molecule has 2 aromatic rings. The molecule has 1 aliphatic heterocycles. The van der Waals surface area contributed by atoms with Gasteiger partial charge < -0.3 is 9.14 Å². The largest absolute Gasteiger partial charge is 0.377 e. The fourth-order valence-corrected chi connectivity index (χ4v) is 2.22. The van der Waals surface area contributed by atoms with Crippen molar-refractivity contribution in [1.29, 1.82) is 0 Å². The van der Waals surface area contributed by atoms with E-state index in [0.717, 1.165) is 29.3 Å². The van der Waals surface area contributed by atoms with Gasteiger partial charge >= 0.3 is 0 Å². The normalized spacial score (nSPS) is 16.4. The molecule has 0 amide bonds. The van der Waals surface area contributed by atoms with E-state index in [1.165, 1.54) is 5.57 Å². The van der Waals surface area contributed by atoms with Crippen LogP contribution in [0.15, 0.2) is 30.7 Å². The fraction of sp³-hybridized carbons (Fsp3) is 0.250. The summed E-state index contributed by atoms with van der Waals surface area (Å²) in [5.41, 5.74) is 3.34. The highest BCUT2D eigenvalue weighted by Crippen LogP contribution is 2.27. The second kappa shape index (κ2) is 3.92. The number of rotatable bonds is 1. The van der Waals surface area contributed by atoms with Crippen LogP contribution >= 0.6 is 11.6 Å². The number of hydrogen-bond donors (Lipinski definition) is 0. The molecule has 4 heteroatoms. The zero-order chi connectivity index (χ0) is 11.0. The van der Waals surface area contributed by atoms with E-state index in [-0.39, 0.29) is 0 Å². The minimum Gasteiger partial charge on any atom is -0.377 e. The lowest BCUT2D eigenvalue weighted by Crippen LogP contribution is -2.04. The van der Waals surface area contributed by atoms with E-state index in [4.69, 9.17) is 16.3 Å². The van der Waals surface area contributed by atoms with Crippen molar-refractivity contribution in [2.45, 2.75) is 6.42 Å². The summed E-state index contributed by atoms with van der Waals surface area (Å²) in [7, 11) is 0. The highest BCUT2D eigenvalue weighted by Gasteiger charge is 2.12. The number of nitrogens with zero attached hydrogens (tertiary/aromatic N) is 2. The van der Waals surface area contributed by atoms with Crippen LogP contribution in [0.4, 0.5) is 0 Å². The minimum atomic E-state index is 0.675. The van der Waals surface area contributed by atoms with Crippen molar-refractivity contribution in [2.75, 3.05) is 13.2 Å². The van der Waals surface area contributed by atoms with E-state index < -0.39 is 0 Å². The molecule has 0 spiro atoms. The van der Waals surface area contributed by atoms with Crippen molar-refractivity contribution in [3.05, 3.63) is 41.3 Å². The smallest absolute Gasteiger partial charge is 0.144 e. The van der Waals surface area contributed by atoms with Crippen molar-refractivity contribution in [2.24, 2.45) is 0 Å². The van der Waals surface area contributed by atoms with Crippen LogP contribution in [0, 0.1) is 0 Å². The summed E-state index contributed by atoms with van der Waals surface area (Å²) in [5, 5.41) is 0.730. The maximum absolute atomic E-state index is 6.09. The Hall–Kier alpha value is -1.32. The third kappa shape index (κ3) is 1.62. The molecule has 16 heavy (non-hydrogen) atoms. The molecular weight excluding hydrogens is 224 g/mol. The van der Waals surface area contributed by atoms with E-state index in [1.807, 2.05) is 22.9 Å². The summed E-state index contributed by atoms with van der Waals surface area (Å²) in [6.45, 7) is 1.44. The van der Waals surface area contributed by atoms with Gasteiger partial charge in [-0.3, -0.25) is 0 Å². The van der Waals surface area contributed by atoms with Gasteiger partial charge in [0.1, 0.15) is 5.65 Å². The van der Waals surface area contributed by atoms with Crippen molar-refractivity contribution in [3.8, 4) is 0 Å². The van der Waals surface area contributed by atoms with Gasteiger partial charge in [-0.2, -0.15) is 0 Å². The lowest BCUT2D eigenvalue weighted by atomic mass is 10.0. The number of imidazole rings is 1. The van der Waals surface area contributed by atoms with Crippen LogP contribution in [0.3, 0.4) is 0 Å². The van der Waals surface area contributed by atoms with E-state index in [0.29, 0.717) is 6.61 Å². The summed E-state index contributed by atoms with van der Waals surface area (Å²) in [4.78, 5) is 4.36. The first-order valence-electron chi connectivity index (χ1n) is 5.24. The Morgan fingerprint density at radius 2 is 2.38 bits per heavy atom. The van der Waals surface area contributed by atoms with Gasteiger partial charge in [0.25, 0.3) is 0 Å². The Morgan fingerprint density at radius 1 is 1.44 bits per heavy atom. The van der Waals surface area contributed by atoms with Gasteiger partial charge in [0, 0.05) is 24.2 Å². The number of halogens is 1. The molecule has 0 atom stereocenters. The molecular formula is C12H11ClN2O. The second-order valence-electron chi connectivity index (χ2n) is 3.78. The summed E-state index contributed by atoms with van der Waals surface area (Å²) in [5.74, 6) is 0. The average molecular weight is 235 g/mol. The molecule has 1 aliphatic rings. The van der Waals surface area contributed by atoms with Crippen LogP contribution < -0.4 is 0 Å². The average Bonchev–Trinajstić information content (AvgIpc) is 2.77. The molecule has 0 aromatic carbocycles. The summed E-state index contributed by atoms with van der Waals surface area (Å²) >= 11 is 6.09. The van der Waals surface area contributed by atoms with Crippen LogP contribution in [-0.2, 0) is 4.74 Å². The molecule has 2 aromatic heterocycles. The third-order valence-electron chi connectivity index (χ3n) is 2.76. The first kappa shape index (κ1) is 9.87.